The summed E-state index contributed by atoms with van der Waals surface area (Å²) in [5, 5.41) is 9.72. The fraction of sp³-hybridized carbons (Fsp3) is 0.364. The molecule has 0 aliphatic rings. The summed E-state index contributed by atoms with van der Waals surface area (Å²) in [6.45, 7) is 5.32. The fourth-order valence-corrected chi connectivity index (χ4v) is 2.28. The van der Waals surface area contributed by atoms with Gasteiger partial charge in [0.2, 0.25) is 0 Å². The molecule has 0 bridgehead atoms. The zero-order valence-electron chi connectivity index (χ0n) is 11.2. The van der Waals surface area contributed by atoms with E-state index >= 15 is 0 Å². The van der Waals surface area contributed by atoms with Crippen LogP contribution in [-0.4, -0.2) is 16.7 Å². The number of benzene rings is 1. The molecule has 0 aliphatic carbocycles. The van der Waals surface area contributed by atoms with Gasteiger partial charge in [-0.15, -0.1) is 0 Å². The normalized spacial score (nSPS) is 10.6. The number of hydrogen-bond donors (Lipinski definition) is 1. The van der Waals surface area contributed by atoms with Crippen LogP contribution in [0.5, 0.6) is 5.75 Å². The van der Waals surface area contributed by atoms with Crippen molar-refractivity contribution in [2.45, 2.75) is 26.4 Å². The van der Waals surface area contributed by atoms with E-state index in [4.69, 9.17) is 4.74 Å². The van der Waals surface area contributed by atoms with Crippen LogP contribution in [0.25, 0.3) is 0 Å². The molecule has 0 aromatic heterocycles. The van der Waals surface area contributed by atoms with E-state index in [9.17, 15) is 9.90 Å². The van der Waals surface area contributed by atoms with E-state index in [0.29, 0.717) is 8.95 Å². The first kappa shape index (κ1) is 18.1. The van der Waals surface area contributed by atoms with E-state index in [1.54, 1.807) is 26.8 Å². The molecule has 0 atom stereocenters. The topological polar surface area (TPSA) is 46.5 Å². The van der Waals surface area contributed by atoms with Crippen LogP contribution in [0.3, 0.4) is 0 Å². The van der Waals surface area contributed by atoms with E-state index < -0.39 is 11.6 Å². The van der Waals surface area contributed by atoms with Gasteiger partial charge < -0.3 is 11.3 Å². The minimum Gasteiger partial charge on any atom is -1.00 e. The van der Waals surface area contributed by atoms with Crippen molar-refractivity contribution in [3.8, 4) is 5.75 Å². The monoisotopic (exact) mass is 390 g/mol. The number of rotatable bonds is 1. The van der Waals surface area contributed by atoms with Crippen molar-refractivity contribution in [3.63, 3.8) is 0 Å². The van der Waals surface area contributed by atoms with Gasteiger partial charge in [0, 0.05) is 4.47 Å². The van der Waals surface area contributed by atoms with Crippen LogP contribution in [0, 0.1) is 0 Å². The molecule has 3 nitrogen and oxygen atoms in total. The molecule has 0 aliphatic heterocycles. The predicted molar refractivity (Wildman–Crippen MR) is 69.8 cm³/mol. The summed E-state index contributed by atoms with van der Waals surface area (Å²) in [6, 6.07) is 3.18. The Balaban J connectivity index is 0. The Hall–Kier alpha value is 1.09. The second kappa shape index (κ2) is 7.03. The number of carbonyl (C=O) groups is 1. The smallest absolute Gasteiger partial charge is 1.00 e. The van der Waals surface area contributed by atoms with Gasteiger partial charge >= 0.3 is 57.4 Å². The molecular formula is C11H13Br2KO3. The van der Waals surface area contributed by atoms with Crippen molar-refractivity contribution in [1.82, 2.24) is 0 Å². The maximum Gasteiger partial charge on any atom is 1.00 e. The second-order valence-electron chi connectivity index (χ2n) is 4.29. The molecule has 0 fully saturated rings. The number of halogens is 2. The van der Waals surface area contributed by atoms with Gasteiger partial charge in [0.1, 0.15) is 16.9 Å². The van der Waals surface area contributed by atoms with E-state index in [1.807, 2.05) is 0 Å². The van der Waals surface area contributed by atoms with Crippen molar-refractivity contribution >= 4 is 37.8 Å². The summed E-state index contributed by atoms with van der Waals surface area (Å²) in [6.07, 6.45) is 0. The van der Waals surface area contributed by atoms with Crippen molar-refractivity contribution in [3.05, 3.63) is 26.6 Å². The minimum absolute atomic E-state index is 0. The molecule has 1 rings (SSSR count). The Bertz CT molecular complexity index is 433. The zero-order valence-corrected chi connectivity index (χ0v) is 16.5. The van der Waals surface area contributed by atoms with Crippen LogP contribution in [0.2, 0.25) is 0 Å². The van der Waals surface area contributed by atoms with Crippen molar-refractivity contribution in [1.29, 1.82) is 0 Å². The third kappa shape index (κ3) is 5.71. The first-order valence-electron chi connectivity index (χ1n) is 4.62. The van der Waals surface area contributed by atoms with Crippen molar-refractivity contribution < 1.29 is 67.4 Å². The van der Waals surface area contributed by atoms with Gasteiger partial charge in [0.05, 0.1) is 4.47 Å². The molecule has 6 heteroatoms. The third-order valence-corrected chi connectivity index (χ3v) is 2.71. The molecule has 0 saturated heterocycles. The summed E-state index contributed by atoms with van der Waals surface area (Å²) >= 11 is 6.40. The molecule has 0 unspecified atom stereocenters. The molecule has 0 saturated carbocycles. The number of carbonyl (C=O) groups excluding carboxylic acids is 1. The maximum atomic E-state index is 11.8. The van der Waals surface area contributed by atoms with Crippen LogP contribution in [-0.2, 0) is 4.74 Å². The number of phenols is 1. The van der Waals surface area contributed by atoms with E-state index in [-0.39, 0.29) is 64.1 Å². The van der Waals surface area contributed by atoms with Gasteiger partial charge in [-0.05, 0) is 48.8 Å². The quantitative estimate of drug-likeness (QED) is 0.573. The van der Waals surface area contributed by atoms with Crippen LogP contribution >= 0.6 is 31.9 Å². The second-order valence-corrected chi connectivity index (χ2v) is 6.06. The van der Waals surface area contributed by atoms with Gasteiger partial charge in [-0.25, -0.2) is 4.79 Å². The molecule has 90 valence electrons. The average Bonchev–Trinajstić information content (AvgIpc) is 2.08. The number of aromatic hydroxyl groups is 1. The minimum atomic E-state index is -0.585. The van der Waals surface area contributed by atoms with E-state index in [0.717, 1.165) is 0 Å². The molecule has 0 heterocycles. The van der Waals surface area contributed by atoms with E-state index in [1.165, 1.54) is 6.07 Å². The molecule has 17 heavy (non-hydrogen) atoms. The molecule has 0 amide bonds. The van der Waals surface area contributed by atoms with Gasteiger partial charge in [-0.2, -0.15) is 0 Å². The SMILES string of the molecule is CC(C)(C)OC(=O)c1cc(Br)cc(Br)c1O.[H-].[K+]. The molecule has 1 N–H and O–H groups in total. The van der Waals surface area contributed by atoms with Crippen LogP contribution in [0.1, 0.15) is 32.6 Å². The first-order chi connectivity index (χ1) is 7.20. The molecular weight excluding hydrogens is 379 g/mol. The molecule has 1 aromatic rings. The summed E-state index contributed by atoms with van der Waals surface area (Å²) in [4.78, 5) is 11.8. The standard InChI is InChI=1S/C11H12Br2O3.K.H/c1-11(2,3)16-10(15)7-4-6(12)5-8(13)9(7)14;;/h4-5,14H,1-3H3;;/q;+1;-1. The van der Waals surface area contributed by atoms with Gasteiger partial charge in [-0.1, -0.05) is 15.9 Å². The maximum absolute atomic E-state index is 11.8. The largest absolute Gasteiger partial charge is 1.00 e. The fourth-order valence-electron chi connectivity index (χ4n) is 1.05. The number of phenolic OH excluding ortho intramolecular Hbond substituents is 1. The predicted octanol–water partition coefficient (Wildman–Crippen LogP) is 0.989. The van der Waals surface area contributed by atoms with Gasteiger partial charge in [0.25, 0.3) is 0 Å². The van der Waals surface area contributed by atoms with Crippen LogP contribution < -0.4 is 51.4 Å². The average molecular weight is 392 g/mol. The van der Waals surface area contributed by atoms with Crippen molar-refractivity contribution in [2.75, 3.05) is 0 Å². The van der Waals surface area contributed by atoms with Gasteiger partial charge in [0.15, 0.2) is 0 Å². The Morgan fingerprint density at radius 2 is 1.88 bits per heavy atom. The number of ether oxygens (including phenoxy) is 1. The van der Waals surface area contributed by atoms with Crippen LogP contribution in [0.15, 0.2) is 21.1 Å². The zero-order chi connectivity index (χ0) is 12.5. The Kier molecular flexibility index (Phi) is 7.47. The Labute approximate surface area is 161 Å². The third-order valence-electron chi connectivity index (χ3n) is 1.65. The van der Waals surface area contributed by atoms with Crippen molar-refractivity contribution in [2.24, 2.45) is 0 Å². The van der Waals surface area contributed by atoms with E-state index in [2.05, 4.69) is 31.9 Å². The molecule has 1 aromatic carbocycles. The molecule has 0 radical (unpaired) electrons. The number of hydrogen-bond acceptors (Lipinski definition) is 3. The molecule has 0 spiro atoms. The van der Waals surface area contributed by atoms with Gasteiger partial charge in [-0.3, -0.25) is 0 Å². The summed E-state index contributed by atoms with van der Waals surface area (Å²) in [7, 11) is 0. The summed E-state index contributed by atoms with van der Waals surface area (Å²) in [5.74, 6) is -0.663. The Morgan fingerprint density at radius 3 is 2.35 bits per heavy atom. The Morgan fingerprint density at radius 1 is 1.35 bits per heavy atom. The summed E-state index contributed by atoms with van der Waals surface area (Å²) < 4.78 is 6.31. The first-order valence-corrected chi connectivity index (χ1v) is 6.20. The summed E-state index contributed by atoms with van der Waals surface area (Å²) in [5.41, 5.74) is -0.450. The number of esters is 1. The van der Waals surface area contributed by atoms with Crippen LogP contribution in [0.4, 0.5) is 0 Å².